The van der Waals surface area contributed by atoms with Crippen LogP contribution in [0.15, 0.2) is 12.3 Å². The van der Waals surface area contributed by atoms with Gasteiger partial charge in [-0.05, 0) is 33.8 Å². The Hall–Kier alpha value is -1.96. The average Bonchev–Trinajstić information content (AvgIpc) is 2.77. The normalized spacial score (nSPS) is 12.2. The van der Waals surface area contributed by atoms with Crippen molar-refractivity contribution >= 4 is 11.6 Å². The molecule has 0 aromatic carbocycles. The minimum absolute atomic E-state index is 0.0741. The van der Waals surface area contributed by atoms with Crippen molar-refractivity contribution in [1.29, 1.82) is 5.26 Å². The van der Waals surface area contributed by atoms with E-state index in [1.165, 1.54) is 0 Å². The second-order valence-electron chi connectivity index (χ2n) is 5.03. The third kappa shape index (κ3) is 3.50. The van der Waals surface area contributed by atoms with Gasteiger partial charge in [0.1, 0.15) is 5.69 Å². The molecule has 0 radical (unpaired) electrons. The predicted octanol–water partition coefficient (Wildman–Crippen LogP) is 2.27. The van der Waals surface area contributed by atoms with Gasteiger partial charge in [-0.15, -0.1) is 0 Å². The van der Waals surface area contributed by atoms with Crippen molar-refractivity contribution in [2.45, 2.75) is 33.7 Å². The highest BCUT2D eigenvalue weighted by molar-refractivity contribution is 5.94. The SMILES string of the molecule is CCN(CC(C)C#N)C(=O)c1cc(N)cn1C(C)C. The fourth-order valence-electron chi connectivity index (χ4n) is 1.99. The van der Waals surface area contributed by atoms with E-state index in [0.29, 0.717) is 24.5 Å². The number of amides is 1. The molecular formula is C14H22N4O. The molecule has 0 aliphatic rings. The van der Waals surface area contributed by atoms with Crippen molar-refractivity contribution in [2.75, 3.05) is 18.8 Å². The fourth-order valence-corrected chi connectivity index (χ4v) is 1.99. The van der Waals surface area contributed by atoms with Crippen LogP contribution in [0.1, 0.15) is 44.2 Å². The van der Waals surface area contributed by atoms with Gasteiger partial charge in [-0.2, -0.15) is 5.26 Å². The molecule has 1 aromatic heterocycles. The topological polar surface area (TPSA) is 75.1 Å². The molecule has 1 amide bonds. The zero-order valence-electron chi connectivity index (χ0n) is 12.1. The Morgan fingerprint density at radius 1 is 1.53 bits per heavy atom. The lowest BCUT2D eigenvalue weighted by Gasteiger charge is -2.23. The number of hydrogen-bond acceptors (Lipinski definition) is 3. The van der Waals surface area contributed by atoms with E-state index in [1.54, 1.807) is 17.2 Å². The van der Waals surface area contributed by atoms with Crippen LogP contribution in [-0.4, -0.2) is 28.5 Å². The van der Waals surface area contributed by atoms with E-state index in [9.17, 15) is 4.79 Å². The summed E-state index contributed by atoms with van der Waals surface area (Å²) in [6.07, 6.45) is 1.78. The van der Waals surface area contributed by atoms with Crippen molar-refractivity contribution < 1.29 is 4.79 Å². The third-order valence-electron chi connectivity index (χ3n) is 3.03. The number of rotatable bonds is 5. The zero-order chi connectivity index (χ0) is 14.6. The van der Waals surface area contributed by atoms with Crippen molar-refractivity contribution in [3.8, 4) is 6.07 Å². The molecule has 1 atom stereocenters. The number of nitrogen functional groups attached to an aromatic ring is 1. The molecule has 104 valence electrons. The molecule has 0 fully saturated rings. The van der Waals surface area contributed by atoms with Gasteiger partial charge in [0, 0.05) is 25.3 Å². The highest BCUT2D eigenvalue weighted by atomic mass is 16.2. The van der Waals surface area contributed by atoms with Crippen LogP contribution < -0.4 is 5.73 Å². The van der Waals surface area contributed by atoms with E-state index in [2.05, 4.69) is 6.07 Å². The molecule has 5 nitrogen and oxygen atoms in total. The molecule has 0 spiro atoms. The van der Waals surface area contributed by atoms with E-state index < -0.39 is 0 Å². The maximum Gasteiger partial charge on any atom is 0.270 e. The first-order chi connectivity index (χ1) is 8.90. The first kappa shape index (κ1) is 15.1. The maximum absolute atomic E-state index is 12.5. The maximum atomic E-state index is 12.5. The molecule has 19 heavy (non-hydrogen) atoms. The van der Waals surface area contributed by atoms with Crippen molar-refractivity contribution in [3.05, 3.63) is 18.0 Å². The van der Waals surface area contributed by atoms with Crippen LogP contribution in [-0.2, 0) is 0 Å². The number of aromatic nitrogens is 1. The molecule has 2 N–H and O–H groups in total. The molecule has 1 heterocycles. The summed E-state index contributed by atoms with van der Waals surface area (Å²) in [5.74, 6) is -0.251. The summed E-state index contributed by atoms with van der Waals surface area (Å²) >= 11 is 0. The summed E-state index contributed by atoms with van der Waals surface area (Å²) < 4.78 is 1.87. The molecule has 0 aliphatic carbocycles. The Morgan fingerprint density at radius 2 is 2.16 bits per heavy atom. The first-order valence-corrected chi connectivity index (χ1v) is 6.56. The summed E-state index contributed by atoms with van der Waals surface area (Å²) in [5.41, 5.74) is 6.95. The van der Waals surface area contributed by atoms with Gasteiger partial charge in [-0.3, -0.25) is 4.79 Å². The number of nitrogens with two attached hydrogens (primary N) is 1. The van der Waals surface area contributed by atoms with Gasteiger partial charge in [0.05, 0.1) is 17.7 Å². The van der Waals surface area contributed by atoms with E-state index in [1.807, 2.05) is 32.3 Å². The number of nitriles is 1. The first-order valence-electron chi connectivity index (χ1n) is 6.56. The van der Waals surface area contributed by atoms with Gasteiger partial charge in [-0.1, -0.05) is 0 Å². The van der Waals surface area contributed by atoms with Gasteiger partial charge >= 0.3 is 0 Å². The van der Waals surface area contributed by atoms with Gasteiger partial charge in [-0.25, -0.2) is 0 Å². The molecule has 0 aliphatic heterocycles. The van der Waals surface area contributed by atoms with Crippen LogP contribution in [0.3, 0.4) is 0 Å². The summed E-state index contributed by atoms with van der Waals surface area (Å²) in [6.45, 7) is 8.75. The quantitative estimate of drug-likeness (QED) is 0.884. The van der Waals surface area contributed by atoms with Crippen molar-refractivity contribution in [1.82, 2.24) is 9.47 Å². The Morgan fingerprint density at radius 3 is 2.63 bits per heavy atom. The summed E-state index contributed by atoms with van der Waals surface area (Å²) in [7, 11) is 0. The molecule has 1 unspecified atom stereocenters. The van der Waals surface area contributed by atoms with Crippen LogP contribution in [0.2, 0.25) is 0 Å². The standard InChI is InChI=1S/C14H22N4O/c1-5-17(8-11(4)7-15)14(19)13-6-12(16)9-18(13)10(2)3/h6,9-11H,5,8,16H2,1-4H3. The number of nitrogens with zero attached hydrogens (tertiary/aromatic N) is 3. The largest absolute Gasteiger partial charge is 0.397 e. The number of carbonyl (C=O) groups is 1. The lowest BCUT2D eigenvalue weighted by Crippen LogP contribution is -2.35. The van der Waals surface area contributed by atoms with E-state index in [0.717, 1.165) is 0 Å². The molecule has 5 heteroatoms. The fraction of sp³-hybridized carbons (Fsp3) is 0.571. The second kappa shape index (κ2) is 6.28. The monoisotopic (exact) mass is 262 g/mol. The van der Waals surface area contributed by atoms with E-state index in [4.69, 9.17) is 11.0 Å². The lowest BCUT2D eigenvalue weighted by molar-refractivity contribution is 0.0740. The molecular weight excluding hydrogens is 240 g/mol. The van der Waals surface area contributed by atoms with Gasteiger partial charge in [0.25, 0.3) is 5.91 Å². The van der Waals surface area contributed by atoms with Crippen LogP contribution in [0.25, 0.3) is 0 Å². The Bertz CT molecular complexity index is 484. The summed E-state index contributed by atoms with van der Waals surface area (Å²) in [5, 5.41) is 8.87. The number of anilines is 1. The summed E-state index contributed by atoms with van der Waals surface area (Å²) in [4.78, 5) is 14.2. The van der Waals surface area contributed by atoms with Crippen LogP contribution in [0, 0.1) is 17.2 Å². The Balaban J connectivity index is 3.01. The second-order valence-corrected chi connectivity index (χ2v) is 5.03. The van der Waals surface area contributed by atoms with Crippen molar-refractivity contribution in [3.63, 3.8) is 0 Å². The van der Waals surface area contributed by atoms with E-state index >= 15 is 0 Å². The van der Waals surface area contributed by atoms with Crippen LogP contribution in [0.5, 0.6) is 0 Å². The lowest BCUT2D eigenvalue weighted by atomic mass is 10.2. The number of carbonyl (C=O) groups excluding carboxylic acids is 1. The Kier molecular flexibility index (Phi) is 4.99. The van der Waals surface area contributed by atoms with Gasteiger partial charge < -0.3 is 15.2 Å². The van der Waals surface area contributed by atoms with E-state index in [-0.39, 0.29) is 17.9 Å². The van der Waals surface area contributed by atoms with Crippen molar-refractivity contribution in [2.24, 2.45) is 5.92 Å². The Labute approximate surface area is 114 Å². The van der Waals surface area contributed by atoms with Gasteiger partial charge in [0.2, 0.25) is 0 Å². The smallest absolute Gasteiger partial charge is 0.270 e. The number of hydrogen-bond donors (Lipinski definition) is 1. The third-order valence-corrected chi connectivity index (χ3v) is 3.03. The highest BCUT2D eigenvalue weighted by Gasteiger charge is 2.21. The van der Waals surface area contributed by atoms with Crippen LogP contribution in [0.4, 0.5) is 5.69 Å². The summed E-state index contributed by atoms with van der Waals surface area (Å²) in [6, 6.07) is 4.02. The molecule has 0 saturated carbocycles. The molecule has 1 aromatic rings. The molecule has 0 saturated heterocycles. The van der Waals surface area contributed by atoms with Crippen LogP contribution >= 0.6 is 0 Å². The molecule has 0 bridgehead atoms. The van der Waals surface area contributed by atoms with Gasteiger partial charge in [0.15, 0.2) is 0 Å². The zero-order valence-corrected chi connectivity index (χ0v) is 12.1. The minimum Gasteiger partial charge on any atom is -0.397 e. The average molecular weight is 262 g/mol. The predicted molar refractivity (Wildman–Crippen MR) is 75.6 cm³/mol. The minimum atomic E-state index is -0.177. The highest BCUT2D eigenvalue weighted by Crippen LogP contribution is 2.18. The molecule has 1 rings (SSSR count).